The van der Waals surface area contributed by atoms with Crippen LogP contribution in [0.2, 0.25) is 5.02 Å². The Labute approximate surface area is 191 Å². The number of benzene rings is 3. The Hall–Kier alpha value is -3.50. The monoisotopic (exact) mass is 443 g/mol. The summed E-state index contributed by atoms with van der Waals surface area (Å²) in [7, 11) is 0. The zero-order valence-electron chi connectivity index (χ0n) is 17.6. The molecule has 0 saturated carbocycles. The van der Waals surface area contributed by atoms with Crippen LogP contribution in [0.3, 0.4) is 0 Å². The van der Waals surface area contributed by atoms with Crippen molar-refractivity contribution in [1.29, 1.82) is 0 Å². The summed E-state index contributed by atoms with van der Waals surface area (Å²) in [4.78, 5) is 30.1. The number of ketones is 2. The Morgan fingerprint density at radius 2 is 1.75 bits per heavy atom. The number of aliphatic imine (C=N–C) groups is 1. The van der Waals surface area contributed by atoms with E-state index in [1.165, 1.54) is 6.21 Å². The Bertz CT molecular complexity index is 1230. The second-order valence-corrected chi connectivity index (χ2v) is 8.35. The summed E-state index contributed by atoms with van der Waals surface area (Å²) >= 11 is 6.12. The van der Waals surface area contributed by atoms with Gasteiger partial charge < -0.3 is 5.11 Å². The number of hydrogen-bond donors (Lipinski definition) is 1. The first-order valence-electron chi connectivity index (χ1n) is 10.4. The smallest absolute Gasteiger partial charge is 0.195 e. The molecule has 1 aliphatic rings. The number of rotatable bonds is 5. The molecule has 1 unspecified atom stereocenters. The molecule has 4 nitrogen and oxygen atoms in total. The summed E-state index contributed by atoms with van der Waals surface area (Å²) < 4.78 is 0. The van der Waals surface area contributed by atoms with E-state index in [1.54, 1.807) is 42.5 Å². The topological polar surface area (TPSA) is 66.7 Å². The van der Waals surface area contributed by atoms with Gasteiger partial charge in [0.1, 0.15) is 5.76 Å². The lowest BCUT2D eigenvalue weighted by Crippen LogP contribution is -2.19. The average molecular weight is 444 g/mol. The molecule has 5 heteroatoms. The van der Waals surface area contributed by atoms with Crippen LogP contribution in [-0.2, 0) is 4.79 Å². The van der Waals surface area contributed by atoms with Crippen LogP contribution < -0.4 is 0 Å². The standard InChI is InChI=1S/C27H22ClNO3/c1-17-7-9-18(10-8-17)20-13-25(30)23(26(31)14-20)16-29-24-12-11-21(28)15-22(24)27(32)19-5-3-2-4-6-19/h2-12,15-16,20,30H,13-14H2,1H3. The van der Waals surface area contributed by atoms with Crippen molar-refractivity contribution < 1.29 is 14.7 Å². The summed E-state index contributed by atoms with van der Waals surface area (Å²) in [6, 6.07) is 21.7. The molecule has 1 N–H and O–H groups in total. The van der Waals surface area contributed by atoms with E-state index in [4.69, 9.17) is 11.6 Å². The predicted octanol–water partition coefficient (Wildman–Crippen LogP) is 6.54. The van der Waals surface area contributed by atoms with Crippen molar-refractivity contribution >= 4 is 35.1 Å². The number of aliphatic hydroxyl groups is 1. The van der Waals surface area contributed by atoms with Crippen LogP contribution in [0.4, 0.5) is 5.69 Å². The van der Waals surface area contributed by atoms with Crippen LogP contribution in [-0.4, -0.2) is 22.9 Å². The van der Waals surface area contributed by atoms with Crippen molar-refractivity contribution in [3.63, 3.8) is 0 Å². The molecule has 1 atom stereocenters. The van der Waals surface area contributed by atoms with Gasteiger partial charge in [0.25, 0.3) is 0 Å². The van der Waals surface area contributed by atoms with Gasteiger partial charge in [0, 0.05) is 35.2 Å². The van der Waals surface area contributed by atoms with Crippen LogP contribution in [0, 0.1) is 6.92 Å². The number of hydrogen-bond acceptors (Lipinski definition) is 4. The van der Waals surface area contributed by atoms with Gasteiger partial charge in [-0.25, -0.2) is 0 Å². The second-order valence-electron chi connectivity index (χ2n) is 7.91. The van der Waals surface area contributed by atoms with Gasteiger partial charge in [-0.3, -0.25) is 14.6 Å². The van der Waals surface area contributed by atoms with Gasteiger partial charge in [-0.05, 0) is 36.6 Å². The van der Waals surface area contributed by atoms with Crippen molar-refractivity contribution in [2.45, 2.75) is 25.7 Å². The number of halogens is 1. The van der Waals surface area contributed by atoms with Crippen LogP contribution in [0.1, 0.15) is 45.8 Å². The highest BCUT2D eigenvalue weighted by atomic mass is 35.5. The van der Waals surface area contributed by atoms with E-state index in [0.29, 0.717) is 34.7 Å². The van der Waals surface area contributed by atoms with Crippen molar-refractivity contribution in [3.05, 3.63) is 111 Å². The van der Waals surface area contributed by atoms with Gasteiger partial charge in [0.15, 0.2) is 11.6 Å². The van der Waals surface area contributed by atoms with E-state index in [9.17, 15) is 14.7 Å². The number of Topliss-reactive ketones (excluding diaryl/α,β-unsaturated/α-hetero) is 1. The van der Waals surface area contributed by atoms with Crippen molar-refractivity contribution in [2.24, 2.45) is 4.99 Å². The van der Waals surface area contributed by atoms with E-state index in [1.807, 2.05) is 37.3 Å². The van der Waals surface area contributed by atoms with E-state index < -0.39 is 0 Å². The molecule has 3 aromatic rings. The Morgan fingerprint density at radius 1 is 1.03 bits per heavy atom. The SMILES string of the molecule is Cc1ccc(C2CC(=O)C(C=Nc3ccc(Cl)cc3C(=O)c3ccccc3)=C(O)C2)cc1. The third-order valence-electron chi connectivity index (χ3n) is 5.60. The highest BCUT2D eigenvalue weighted by Gasteiger charge is 2.28. The molecule has 160 valence electrons. The molecule has 0 fully saturated rings. The molecule has 0 amide bonds. The molecule has 0 bridgehead atoms. The number of nitrogens with zero attached hydrogens (tertiary/aromatic N) is 1. The zero-order chi connectivity index (χ0) is 22.7. The fourth-order valence-corrected chi connectivity index (χ4v) is 3.98. The maximum Gasteiger partial charge on any atom is 0.195 e. The molecular formula is C27H22ClNO3. The lowest BCUT2D eigenvalue weighted by molar-refractivity contribution is -0.116. The van der Waals surface area contributed by atoms with Crippen molar-refractivity contribution in [1.82, 2.24) is 0 Å². The van der Waals surface area contributed by atoms with Gasteiger partial charge in [-0.1, -0.05) is 71.8 Å². The minimum Gasteiger partial charge on any atom is -0.511 e. The second kappa shape index (κ2) is 9.33. The average Bonchev–Trinajstić information content (AvgIpc) is 2.79. The van der Waals surface area contributed by atoms with Crippen LogP contribution in [0.5, 0.6) is 0 Å². The summed E-state index contributed by atoms with van der Waals surface area (Å²) in [5.74, 6) is -0.438. The minimum absolute atomic E-state index is 0.0143. The van der Waals surface area contributed by atoms with Crippen LogP contribution in [0.15, 0.2) is 89.1 Å². The highest BCUT2D eigenvalue weighted by molar-refractivity contribution is 6.31. The largest absolute Gasteiger partial charge is 0.511 e. The Balaban J connectivity index is 1.62. The van der Waals surface area contributed by atoms with Gasteiger partial charge in [0.05, 0.1) is 11.3 Å². The molecule has 0 aromatic heterocycles. The van der Waals surface area contributed by atoms with E-state index in [0.717, 1.165) is 11.1 Å². The number of carbonyl (C=O) groups is 2. The number of aliphatic hydroxyl groups excluding tert-OH is 1. The maximum atomic E-state index is 13.0. The molecule has 1 aliphatic carbocycles. The molecule has 0 radical (unpaired) electrons. The summed E-state index contributed by atoms with van der Waals surface area (Å²) in [5, 5.41) is 11.0. The molecule has 0 spiro atoms. The quantitative estimate of drug-likeness (QED) is 0.359. The number of carbonyl (C=O) groups excluding carboxylic acids is 2. The summed E-state index contributed by atoms with van der Waals surface area (Å²) in [6.45, 7) is 2.01. The Morgan fingerprint density at radius 3 is 2.44 bits per heavy atom. The lowest BCUT2D eigenvalue weighted by Gasteiger charge is -2.22. The maximum absolute atomic E-state index is 13.0. The molecule has 4 rings (SSSR count). The number of allylic oxidation sites excluding steroid dienone is 2. The molecular weight excluding hydrogens is 422 g/mol. The number of aryl methyl sites for hydroxylation is 1. The molecule has 0 aliphatic heterocycles. The third kappa shape index (κ3) is 4.71. The van der Waals surface area contributed by atoms with Crippen LogP contribution >= 0.6 is 11.6 Å². The zero-order valence-corrected chi connectivity index (χ0v) is 18.3. The fourth-order valence-electron chi connectivity index (χ4n) is 3.81. The van der Waals surface area contributed by atoms with E-state index in [-0.39, 0.29) is 28.8 Å². The van der Waals surface area contributed by atoms with Gasteiger partial charge in [-0.2, -0.15) is 0 Å². The van der Waals surface area contributed by atoms with Crippen LogP contribution in [0.25, 0.3) is 0 Å². The molecule has 32 heavy (non-hydrogen) atoms. The van der Waals surface area contributed by atoms with Crippen molar-refractivity contribution in [2.75, 3.05) is 0 Å². The van der Waals surface area contributed by atoms with Gasteiger partial charge >= 0.3 is 0 Å². The third-order valence-corrected chi connectivity index (χ3v) is 5.84. The predicted molar refractivity (Wildman–Crippen MR) is 127 cm³/mol. The summed E-state index contributed by atoms with van der Waals surface area (Å²) in [6.07, 6.45) is 2.02. The fraction of sp³-hybridized carbons (Fsp3) is 0.148. The molecule has 3 aromatic carbocycles. The summed E-state index contributed by atoms with van der Waals surface area (Å²) in [5.41, 5.74) is 3.59. The van der Waals surface area contributed by atoms with E-state index >= 15 is 0 Å². The first-order chi connectivity index (χ1) is 15.4. The van der Waals surface area contributed by atoms with Gasteiger partial charge in [-0.15, -0.1) is 0 Å². The highest BCUT2D eigenvalue weighted by Crippen LogP contribution is 2.34. The normalized spacial score (nSPS) is 16.6. The molecule has 0 heterocycles. The lowest BCUT2D eigenvalue weighted by atomic mass is 9.83. The van der Waals surface area contributed by atoms with E-state index in [2.05, 4.69) is 4.99 Å². The first kappa shape index (κ1) is 21.7. The van der Waals surface area contributed by atoms with Crippen molar-refractivity contribution in [3.8, 4) is 0 Å². The Kier molecular flexibility index (Phi) is 6.33. The van der Waals surface area contributed by atoms with Gasteiger partial charge in [0.2, 0.25) is 0 Å². The molecule has 0 saturated heterocycles. The minimum atomic E-state index is -0.215. The first-order valence-corrected chi connectivity index (χ1v) is 10.8.